The van der Waals surface area contributed by atoms with Gasteiger partial charge in [-0.25, -0.2) is 4.79 Å². The molecular weight excluding hydrogens is 238 g/mol. The summed E-state index contributed by atoms with van der Waals surface area (Å²) in [6.07, 6.45) is 3.65. The maximum atomic E-state index is 11.9. The fourth-order valence-corrected chi connectivity index (χ4v) is 2.08. The Hall–Kier alpha value is -1.79. The lowest BCUT2D eigenvalue weighted by Gasteiger charge is -2.28. The number of hydrogen-bond donors (Lipinski definition) is 3. The normalized spacial score (nSPS) is 17.2. The van der Waals surface area contributed by atoms with Crippen molar-refractivity contribution in [2.75, 3.05) is 6.54 Å². The standard InChI is InChI=1S/C11H19N3O4/c1-7(10(16)17)13-11(18)14(6-9(12)15)8-4-2-3-5-8/h7-8H,2-6H2,1H3,(H2,12,15)(H,13,18)(H,16,17)/t7-/m0/s1. The minimum atomic E-state index is -1.12. The molecule has 1 atom stereocenters. The van der Waals surface area contributed by atoms with E-state index < -0.39 is 23.9 Å². The smallest absolute Gasteiger partial charge is 0.325 e. The molecule has 102 valence electrons. The van der Waals surface area contributed by atoms with E-state index in [2.05, 4.69) is 5.32 Å². The summed E-state index contributed by atoms with van der Waals surface area (Å²) >= 11 is 0. The van der Waals surface area contributed by atoms with E-state index in [1.165, 1.54) is 11.8 Å². The third kappa shape index (κ3) is 3.90. The molecule has 0 heterocycles. The van der Waals surface area contributed by atoms with E-state index >= 15 is 0 Å². The van der Waals surface area contributed by atoms with Crippen LogP contribution in [0.25, 0.3) is 0 Å². The number of carbonyl (C=O) groups is 3. The van der Waals surface area contributed by atoms with Gasteiger partial charge in [0.05, 0.1) is 0 Å². The summed E-state index contributed by atoms with van der Waals surface area (Å²) in [5.41, 5.74) is 5.11. The molecule has 1 fully saturated rings. The molecule has 1 saturated carbocycles. The Kier molecular flexibility index (Phi) is 4.94. The molecule has 7 nitrogen and oxygen atoms in total. The first-order chi connectivity index (χ1) is 8.41. The van der Waals surface area contributed by atoms with Crippen LogP contribution in [0.5, 0.6) is 0 Å². The van der Waals surface area contributed by atoms with Crippen LogP contribution in [0, 0.1) is 0 Å². The van der Waals surface area contributed by atoms with Crippen LogP contribution in [0.15, 0.2) is 0 Å². The zero-order valence-electron chi connectivity index (χ0n) is 10.4. The van der Waals surface area contributed by atoms with Crippen LogP contribution in [-0.2, 0) is 9.59 Å². The quantitative estimate of drug-likeness (QED) is 0.638. The monoisotopic (exact) mass is 257 g/mol. The molecule has 0 saturated heterocycles. The van der Waals surface area contributed by atoms with Crippen LogP contribution in [-0.4, -0.2) is 46.5 Å². The fraction of sp³-hybridized carbons (Fsp3) is 0.727. The first-order valence-corrected chi connectivity index (χ1v) is 6.00. The van der Waals surface area contributed by atoms with E-state index in [9.17, 15) is 14.4 Å². The molecule has 0 bridgehead atoms. The van der Waals surface area contributed by atoms with Gasteiger partial charge < -0.3 is 21.1 Å². The highest BCUT2D eigenvalue weighted by molar-refractivity contribution is 5.86. The molecular formula is C11H19N3O4. The van der Waals surface area contributed by atoms with E-state index in [1.54, 1.807) is 0 Å². The lowest BCUT2D eigenvalue weighted by atomic mass is 10.2. The molecule has 0 aromatic heterocycles. The highest BCUT2D eigenvalue weighted by atomic mass is 16.4. The van der Waals surface area contributed by atoms with Crippen molar-refractivity contribution < 1.29 is 19.5 Å². The summed E-state index contributed by atoms with van der Waals surface area (Å²) in [7, 11) is 0. The summed E-state index contributed by atoms with van der Waals surface area (Å²) in [6, 6.07) is -1.57. The second-order valence-corrected chi connectivity index (χ2v) is 4.54. The van der Waals surface area contributed by atoms with Gasteiger partial charge in [0.1, 0.15) is 12.6 Å². The number of carbonyl (C=O) groups excluding carboxylic acids is 2. The first-order valence-electron chi connectivity index (χ1n) is 6.00. The zero-order valence-corrected chi connectivity index (χ0v) is 10.4. The second kappa shape index (κ2) is 6.23. The van der Waals surface area contributed by atoms with Crippen molar-refractivity contribution in [2.24, 2.45) is 5.73 Å². The average Bonchev–Trinajstić information content (AvgIpc) is 2.78. The Balaban J connectivity index is 2.66. The summed E-state index contributed by atoms with van der Waals surface area (Å²) in [4.78, 5) is 34.9. The van der Waals surface area contributed by atoms with Crippen LogP contribution in [0.3, 0.4) is 0 Å². The van der Waals surface area contributed by atoms with Gasteiger partial charge in [-0.3, -0.25) is 9.59 Å². The molecule has 18 heavy (non-hydrogen) atoms. The van der Waals surface area contributed by atoms with E-state index in [0.717, 1.165) is 25.7 Å². The number of carboxylic acids is 1. The number of amides is 3. The van der Waals surface area contributed by atoms with Crippen LogP contribution >= 0.6 is 0 Å². The van der Waals surface area contributed by atoms with Crippen molar-refractivity contribution in [2.45, 2.75) is 44.7 Å². The third-order valence-electron chi connectivity index (χ3n) is 3.06. The van der Waals surface area contributed by atoms with Crippen molar-refractivity contribution in [1.29, 1.82) is 0 Å². The van der Waals surface area contributed by atoms with E-state index in [4.69, 9.17) is 10.8 Å². The van der Waals surface area contributed by atoms with Crippen molar-refractivity contribution in [3.05, 3.63) is 0 Å². The Morgan fingerprint density at radius 3 is 2.39 bits per heavy atom. The Morgan fingerprint density at radius 2 is 1.94 bits per heavy atom. The number of rotatable bonds is 5. The molecule has 0 aromatic rings. The van der Waals surface area contributed by atoms with Crippen molar-refractivity contribution in [3.63, 3.8) is 0 Å². The Labute approximate surface area is 105 Å². The topological polar surface area (TPSA) is 113 Å². The zero-order chi connectivity index (χ0) is 13.7. The number of carboxylic acid groups (broad SMARTS) is 1. The summed E-state index contributed by atoms with van der Waals surface area (Å²) in [5, 5.41) is 11.1. The maximum absolute atomic E-state index is 11.9. The molecule has 1 rings (SSSR count). The highest BCUT2D eigenvalue weighted by Crippen LogP contribution is 2.23. The summed E-state index contributed by atoms with van der Waals surface area (Å²) in [6.45, 7) is 1.19. The predicted molar refractivity (Wildman–Crippen MR) is 63.8 cm³/mol. The number of aliphatic carboxylic acids is 1. The average molecular weight is 257 g/mol. The lowest BCUT2D eigenvalue weighted by molar-refractivity contribution is -0.138. The molecule has 4 N–H and O–H groups in total. The van der Waals surface area contributed by atoms with Gasteiger partial charge >= 0.3 is 12.0 Å². The van der Waals surface area contributed by atoms with Gasteiger partial charge in [-0.2, -0.15) is 0 Å². The van der Waals surface area contributed by atoms with Gasteiger partial charge in [0.15, 0.2) is 0 Å². The number of hydrogen-bond acceptors (Lipinski definition) is 3. The van der Waals surface area contributed by atoms with Crippen LogP contribution in [0.2, 0.25) is 0 Å². The van der Waals surface area contributed by atoms with Crippen molar-refractivity contribution in [1.82, 2.24) is 10.2 Å². The molecule has 0 radical (unpaired) electrons. The van der Waals surface area contributed by atoms with Gasteiger partial charge in [-0.05, 0) is 19.8 Å². The number of nitrogens with one attached hydrogen (secondary N) is 1. The molecule has 1 aliphatic carbocycles. The van der Waals surface area contributed by atoms with Crippen LogP contribution in [0.4, 0.5) is 4.79 Å². The Morgan fingerprint density at radius 1 is 1.39 bits per heavy atom. The second-order valence-electron chi connectivity index (χ2n) is 4.54. The van der Waals surface area contributed by atoms with Gasteiger partial charge in [0, 0.05) is 6.04 Å². The van der Waals surface area contributed by atoms with E-state index in [1.807, 2.05) is 0 Å². The van der Waals surface area contributed by atoms with Crippen LogP contribution < -0.4 is 11.1 Å². The van der Waals surface area contributed by atoms with E-state index in [-0.39, 0.29) is 12.6 Å². The van der Waals surface area contributed by atoms with E-state index in [0.29, 0.717) is 0 Å². The number of urea groups is 1. The van der Waals surface area contributed by atoms with Gasteiger partial charge in [0.25, 0.3) is 0 Å². The van der Waals surface area contributed by atoms with Crippen LogP contribution in [0.1, 0.15) is 32.6 Å². The number of nitrogens with zero attached hydrogens (tertiary/aromatic N) is 1. The molecule has 1 aliphatic rings. The van der Waals surface area contributed by atoms with Gasteiger partial charge in [-0.1, -0.05) is 12.8 Å². The molecule has 0 aromatic carbocycles. The molecule has 7 heteroatoms. The van der Waals surface area contributed by atoms with Gasteiger partial charge in [-0.15, -0.1) is 0 Å². The van der Waals surface area contributed by atoms with Crippen molar-refractivity contribution >= 4 is 17.9 Å². The molecule has 3 amide bonds. The predicted octanol–water partition coefficient (Wildman–Crippen LogP) is -0.101. The summed E-state index contributed by atoms with van der Waals surface area (Å²) < 4.78 is 0. The SMILES string of the molecule is C[C@H](NC(=O)N(CC(N)=O)C1CCCC1)C(=O)O. The van der Waals surface area contributed by atoms with Crippen molar-refractivity contribution in [3.8, 4) is 0 Å². The largest absolute Gasteiger partial charge is 0.480 e. The summed E-state index contributed by atoms with van der Waals surface area (Å²) in [5.74, 6) is -1.71. The molecule has 0 unspecified atom stereocenters. The number of nitrogens with two attached hydrogens (primary N) is 1. The third-order valence-corrected chi connectivity index (χ3v) is 3.06. The minimum absolute atomic E-state index is 0.0292. The maximum Gasteiger partial charge on any atom is 0.325 e. The van der Waals surface area contributed by atoms with Gasteiger partial charge in [0.2, 0.25) is 5.91 Å². The highest BCUT2D eigenvalue weighted by Gasteiger charge is 2.29. The minimum Gasteiger partial charge on any atom is -0.480 e. The lowest BCUT2D eigenvalue weighted by Crippen LogP contribution is -2.52. The first kappa shape index (κ1) is 14.3. The number of primary amides is 1. The molecule has 0 spiro atoms. The molecule has 0 aliphatic heterocycles. The fourth-order valence-electron chi connectivity index (χ4n) is 2.08. The Bertz CT molecular complexity index is 339.